The number of piperidine rings is 1. The number of aromatic nitrogens is 6. The minimum Gasteiger partial charge on any atom is -0.508 e. The number of nitrogens with zero attached hydrogens (tertiary/aromatic N) is 5. The van der Waals surface area contributed by atoms with E-state index in [1.807, 2.05) is 24.5 Å². The van der Waals surface area contributed by atoms with Crippen LogP contribution in [0, 0.1) is 5.82 Å². The number of phenols is 1. The van der Waals surface area contributed by atoms with Crippen LogP contribution in [-0.2, 0) is 6.54 Å². The summed E-state index contributed by atoms with van der Waals surface area (Å²) in [5.74, 6) is -0.642. The number of benzene rings is 1. The molecule has 0 radical (unpaired) electrons. The molecule has 3 N–H and O–H groups in total. The van der Waals surface area contributed by atoms with Gasteiger partial charge in [-0.15, -0.1) is 0 Å². The van der Waals surface area contributed by atoms with Crippen molar-refractivity contribution in [1.29, 1.82) is 0 Å². The molecule has 1 aliphatic rings. The van der Waals surface area contributed by atoms with Crippen molar-refractivity contribution in [2.75, 3.05) is 13.1 Å². The van der Waals surface area contributed by atoms with E-state index in [-0.39, 0.29) is 5.75 Å². The first-order valence-electron chi connectivity index (χ1n) is 13.1. The topological polar surface area (TPSA) is 107 Å². The maximum atomic E-state index is 14.0. The Kier molecular flexibility index (Phi) is 5.78. The van der Waals surface area contributed by atoms with Gasteiger partial charge < -0.3 is 10.1 Å². The van der Waals surface area contributed by atoms with Crippen molar-refractivity contribution < 1.29 is 9.50 Å². The third-order valence-electron chi connectivity index (χ3n) is 7.39. The summed E-state index contributed by atoms with van der Waals surface area (Å²) < 4.78 is 14.0. The lowest BCUT2D eigenvalue weighted by Crippen LogP contribution is -2.29. The molecule has 0 bridgehead atoms. The Labute approximate surface area is 223 Å². The van der Waals surface area contributed by atoms with Gasteiger partial charge in [-0.2, -0.15) is 5.10 Å². The van der Waals surface area contributed by atoms with Gasteiger partial charge in [0.2, 0.25) is 0 Å². The summed E-state index contributed by atoms with van der Waals surface area (Å²) in [4.78, 5) is 19.4. The molecule has 8 nitrogen and oxygen atoms in total. The minimum atomic E-state index is -0.509. The van der Waals surface area contributed by atoms with Crippen LogP contribution in [0.1, 0.15) is 24.8 Å². The van der Waals surface area contributed by atoms with Gasteiger partial charge in [0.1, 0.15) is 17.3 Å². The standard InChI is InChI=1S/C30H26FN7O/c31-21-7-19(8-22(39)9-21)25-14-33-15-28-23(25)10-27(35-28)30-24-11-26(34-16-29(24)36-37-30)20-6-18(12-32-13-20)17-38-4-2-1-3-5-38/h6-16,35,39H,1-5,17H2,(H,36,37). The second kappa shape index (κ2) is 9.59. The average molecular weight is 520 g/mol. The van der Waals surface area contributed by atoms with Crippen LogP contribution in [-0.4, -0.2) is 53.2 Å². The van der Waals surface area contributed by atoms with Crippen LogP contribution >= 0.6 is 0 Å². The Balaban J connectivity index is 1.26. The first-order chi connectivity index (χ1) is 19.1. The number of aromatic hydroxyl groups is 1. The van der Waals surface area contributed by atoms with E-state index < -0.39 is 5.82 Å². The van der Waals surface area contributed by atoms with Crippen LogP contribution in [0.15, 0.2) is 67.4 Å². The lowest BCUT2D eigenvalue weighted by Gasteiger charge is -2.26. The molecule has 1 aliphatic heterocycles. The highest BCUT2D eigenvalue weighted by Crippen LogP contribution is 2.35. The van der Waals surface area contributed by atoms with Crippen molar-refractivity contribution in [3.63, 3.8) is 0 Å². The van der Waals surface area contributed by atoms with Crippen molar-refractivity contribution >= 4 is 21.8 Å². The highest BCUT2D eigenvalue weighted by Gasteiger charge is 2.17. The van der Waals surface area contributed by atoms with Gasteiger partial charge in [-0.25, -0.2) is 4.39 Å². The first kappa shape index (κ1) is 23.5. The number of fused-ring (bicyclic) bond motifs is 2. The van der Waals surface area contributed by atoms with Gasteiger partial charge in [0, 0.05) is 53.1 Å². The van der Waals surface area contributed by atoms with Crippen molar-refractivity contribution in [2.45, 2.75) is 25.8 Å². The lowest BCUT2D eigenvalue weighted by atomic mass is 10.0. The minimum absolute atomic E-state index is 0.134. The summed E-state index contributed by atoms with van der Waals surface area (Å²) in [6.45, 7) is 3.17. The predicted octanol–water partition coefficient (Wildman–Crippen LogP) is 6.06. The highest BCUT2D eigenvalue weighted by molar-refractivity contribution is 6.01. The van der Waals surface area contributed by atoms with Crippen LogP contribution in [0.5, 0.6) is 5.75 Å². The normalized spacial score (nSPS) is 14.4. The zero-order chi connectivity index (χ0) is 26.3. The van der Waals surface area contributed by atoms with Crippen LogP contribution in [0.3, 0.4) is 0 Å². The zero-order valence-corrected chi connectivity index (χ0v) is 21.2. The highest BCUT2D eigenvalue weighted by atomic mass is 19.1. The van der Waals surface area contributed by atoms with Gasteiger partial charge in [0.15, 0.2) is 0 Å². The Morgan fingerprint density at radius 1 is 0.821 bits per heavy atom. The van der Waals surface area contributed by atoms with Crippen molar-refractivity contribution in [1.82, 2.24) is 35.0 Å². The zero-order valence-electron chi connectivity index (χ0n) is 21.2. The van der Waals surface area contributed by atoms with Crippen molar-refractivity contribution in [3.8, 4) is 39.5 Å². The number of pyridine rings is 3. The van der Waals surface area contributed by atoms with E-state index >= 15 is 0 Å². The summed E-state index contributed by atoms with van der Waals surface area (Å²) in [5, 5.41) is 19.4. The smallest absolute Gasteiger partial charge is 0.127 e. The van der Waals surface area contributed by atoms with E-state index in [4.69, 9.17) is 0 Å². The number of hydrogen-bond donors (Lipinski definition) is 3. The second-order valence-electron chi connectivity index (χ2n) is 10.1. The van der Waals surface area contributed by atoms with E-state index in [1.54, 1.807) is 18.6 Å². The average Bonchev–Trinajstić information content (AvgIpc) is 3.57. The fourth-order valence-electron chi connectivity index (χ4n) is 5.51. The molecule has 6 aromatic rings. The number of phenolic OH excluding ortho intramolecular Hbond substituents is 1. The predicted molar refractivity (Wildman–Crippen MR) is 148 cm³/mol. The monoisotopic (exact) mass is 519 g/mol. The van der Waals surface area contributed by atoms with Gasteiger partial charge in [0.25, 0.3) is 0 Å². The van der Waals surface area contributed by atoms with E-state index in [0.29, 0.717) is 11.1 Å². The fraction of sp³-hybridized carbons (Fsp3) is 0.200. The van der Waals surface area contributed by atoms with Crippen LogP contribution in [0.2, 0.25) is 0 Å². The molecule has 1 saturated heterocycles. The van der Waals surface area contributed by atoms with Gasteiger partial charge in [0.05, 0.1) is 34.8 Å². The number of halogens is 1. The summed E-state index contributed by atoms with van der Waals surface area (Å²) in [7, 11) is 0. The van der Waals surface area contributed by atoms with Crippen LogP contribution in [0.25, 0.3) is 55.6 Å². The Bertz CT molecular complexity index is 1800. The number of rotatable bonds is 5. The van der Waals surface area contributed by atoms with Crippen LogP contribution in [0.4, 0.5) is 4.39 Å². The summed E-state index contributed by atoms with van der Waals surface area (Å²) in [6.07, 6.45) is 12.8. The SMILES string of the molecule is Oc1cc(F)cc(-c2cncc3[nH]c(-c4n[nH]c5cnc(-c6cncc(CN7CCCCC7)c6)cc45)cc23)c1. The molecule has 9 heteroatoms. The molecule has 0 spiro atoms. The molecule has 0 unspecified atom stereocenters. The molecule has 0 atom stereocenters. The Morgan fingerprint density at radius 3 is 2.56 bits per heavy atom. The van der Waals surface area contributed by atoms with Crippen molar-refractivity contribution in [2.24, 2.45) is 0 Å². The first-order valence-corrected chi connectivity index (χ1v) is 13.1. The van der Waals surface area contributed by atoms with Gasteiger partial charge >= 0.3 is 0 Å². The summed E-state index contributed by atoms with van der Waals surface area (Å²) in [6, 6.07) is 10.2. The number of likely N-dealkylation sites (tertiary alicyclic amines) is 1. The number of H-pyrrole nitrogens is 2. The molecule has 7 rings (SSSR count). The third-order valence-corrected chi connectivity index (χ3v) is 7.39. The Hall–Kier alpha value is -4.63. The largest absolute Gasteiger partial charge is 0.508 e. The molecule has 6 heterocycles. The molecule has 194 valence electrons. The molecular weight excluding hydrogens is 493 g/mol. The summed E-state index contributed by atoms with van der Waals surface area (Å²) >= 11 is 0. The van der Waals surface area contributed by atoms with E-state index in [2.05, 4.69) is 41.1 Å². The maximum Gasteiger partial charge on any atom is 0.127 e. The molecular formula is C30H26FN7O. The summed E-state index contributed by atoms with van der Waals surface area (Å²) in [5.41, 5.74) is 7.37. The van der Waals surface area contributed by atoms with E-state index in [9.17, 15) is 9.50 Å². The molecule has 5 aromatic heterocycles. The van der Waals surface area contributed by atoms with Gasteiger partial charge in [-0.1, -0.05) is 6.42 Å². The van der Waals surface area contributed by atoms with E-state index in [1.165, 1.54) is 37.0 Å². The maximum absolute atomic E-state index is 14.0. The molecule has 0 aliphatic carbocycles. The number of nitrogens with one attached hydrogen (secondary N) is 2. The van der Waals surface area contributed by atoms with Crippen LogP contribution < -0.4 is 0 Å². The second-order valence-corrected chi connectivity index (χ2v) is 10.1. The van der Waals surface area contributed by atoms with E-state index in [0.717, 1.165) is 70.2 Å². The number of hydrogen-bond acceptors (Lipinski definition) is 6. The molecule has 39 heavy (non-hydrogen) atoms. The fourth-order valence-corrected chi connectivity index (χ4v) is 5.51. The van der Waals surface area contributed by atoms with Crippen molar-refractivity contribution in [3.05, 3.63) is 78.8 Å². The molecule has 1 fully saturated rings. The molecule has 1 aromatic carbocycles. The van der Waals surface area contributed by atoms with Gasteiger partial charge in [-0.05, 0) is 67.4 Å². The molecule has 0 saturated carbocycles. The van der Waals surface area contributed by atoms with Gasteiger partial charge in [-0.3, -0.25) is 25.0 Å². The Morgan fingerprint density at radius 2 is 1.69 bits per heavy atom. The third kappa shape index (κ3) is 4.51. The molecule has 0 amide bonds. The lowest BCUT2D eigenvalue weighted by molar-refractivity contribution is 0.220. The quantitative estimate of drug-likeness (QED) is 0.256. The number of aromatic amines is 2.